The lowest BCUT2D eigenvalue weighted by molar-refractivity contribution is -0.118. The van der Waals surface area contributed by atoms with Gasteiger partial charge in [-0.05, 0) is 23.6 Å². The Labute approximate surface area is 182 Å². The third-order valence-electron chi connectivity index (χ3n) is 3.57. The number of nitrogens with one attached hydrogen (secondary N) is 1. The van der Waals surface area contributed by atoms with Gasteiger partial charge in [0.2, 0.25) is 0 Å². The fourth-order valence-corrected chi connectivity index (χ4v) is 5.02. The molecule has 1 amide bonds. The van der Waals surface area contributed by atoms with Crippen molar-refractivity contribution in [1.29, 1.82) is 0 Å². The van der Waals surface area contributed by atoms with Crippen LogP contribution in [0.25, 0.3) is 6.08 Å². The first-order chi connectivity index (χ1) is 14.2. The van der Waals surface area contributed by atoms with Gasteiger partial charge in [-0.3, -0.25) is 4.79 Å². The fraction of sp³-hybridized carbons (Fsp3) is 0.143. The second kappa shape index (κ2) is 11.5. The van der Waals surface area contributed by atoms with Crippen molar-refractivity contribution in [2.24, 2.45) is 5.10 Å². The molecule has 1 N–H and O–H groups in total. The zero-order valence-electron chi connectivity index (χ0n) is 15.8. The van der Waals surface area contributed by atoms with E-state index in [1.165, 1.54) is 28.7 Å². The van der Waals surface area contributed by atoms with Crippen LogP contribution in [0.5, 0.6) is 0 Å². The minimum Gasteiger partial charge on any atom is -0.272 e. The number of hydrogen-bond acceptors (Lipinski definition) is 7. The van der Waals surface area contributed by atoms with Crippen LogP contribution in [0.15, 0.2) is 80.0 Å². The molecule has 0 fully saturated rings. The highest BCUT2D eigenvalue weighted by Crippen LogP contribution is 2.30. The van der Waals surface area contributed by atoms with Crippen LogP contribution < -0.4 is 5.43 Å². The van der Waals surface area contributed by atoms with Crippen molar-refractivity contribution >= 4 is 53.1 Å². The molecule has 0 saturated heterocycles. The van der Waals surface area contributed by atoms with Crippen LogP contribution in [0.3, 0.4) is 0 Å². The van der Waals surface area contributed by atoms with Gasteiger partial charge >= 0.3 is 0 Å². The molecule has 8 heteroatoms. The fourth-order valence-electron chi connectivity index (χ4n) is 2.25. The zero-order chi connectivity index (χ0) is 20.3. The Kier molecular flexibility index (Phi) is 8.48. The highest BCUT2D eigenvalue weighted by Gasteiger charge is 2.08. The van der Waals surface area contributed by atoms with Crippen molar-refractivity contribution in [1.82, 2.24) is 15.6 Å². The molecule has 1 heterocycles. The quantitative estimate of drug-likeness (QED) is 0.284. The summed E-state index contributed by atoms with van der Waals surface area (Å²) in [5.41, 5.74) is 5.83. The van der Waals surface area contributed by atoms with Crippen LogP contribution in [0.1, 0.15) is 18.1 Å². The maximum absolute atomic E-state index is 12.0. The van der Waals surface area contributed by atoms with Gasteiger partial charge < -0.3 is 0 Å². The van der Waals surface area contributed by atoms with Gasteiger partial charge in [0, 0.05) is 5.75 Å². The Morgan fingerprint density at radius 3 is 2.41 bits per heavy atom. The van der Waals surface area contributed by atoms with Gasteiger partial charge in [0.05, 0.1) is 12.0 Å². The molecule has 0 aliphatic carbocycles. The number of hydrazone groups is 1. The summed E-state index contributed by atoms with van der Waals surface area (Å²) < 4.78 is 1.68. The first-order valence-electron chi connectivity index (χ1n) is 8.87. The van der Waals surface area contributed by atoms with Gasteiger partial charge in [0.15, 0.2) is 8.68 Å². The zero-order valence-corrected chi connectivity index (χ0v) is 18.3. The minimum atomic E-state index is -0.174. The summed E-state index contributed by atoms with van der Waals surface area (Å²) in [6.45, 7) is 1.94. The minimum absolute atomic E-state index is 0.174. The molecule has 0 spiro atoms. The van der Waals surface area contributed by atoms with E-state index >= 15 is 0 Å². The lowest BCUT2D eigenvalue weighted by atomic mass is 10.1. The molecule has 0 atom stereocenters. The largest absolute Gasteiger partial charge is 0.272 e. The smallest absolute Gasteiger partial charge is 0.250 e. The van der Waals surface area contributed by atoms with Crippen molar-refractivity contribution < 1.29 is 4.79 Å². The highest BCUT2D eigenvalue weighted by molar-refractivity contribution is 8.03. The Bertz CT molecular complexity index is 972. The predicted molar refractivity (Wildman–Crippen MR) is 123 cm³/mol. The van der Waals surface area contributed by atoms with Gasteiger partial charge in [-0.1, -0.05) is 102 Å². The van der Waals surface area contributed by atoms with Crippen LogP contribution in [0, 0.1) is 0 Å². The van der Waals surface area contributed by atoms with E-state index in [2.05, 4.69) is 32.9 Å². The summed E-state index contributed by atoms with van der Waals surface area (Å²) in [6.07, 6.45) is 3.64. The normalized spacial score (nSPS) is 11.7. The molecule has 0 unspecified atom stereocenters. The summed E-state index contributed by atoms with van der Waals surface area (Å²) >= 11 is 4.51. The van der Waals surface area contributed by atoms with E-state index in [0.717, 1.165) is 25.6 Å². The average molecular weight is 441 g/mol. The molecule has 0 radical (unpaired) electrons. The Morgan fingerprint density at radius 2 is 1.69 bits per heavy atom. The van der Waals surface area contributed by atoms with Crippen LogP contribution in [-0.2, 0) is 10.5 Å². The van der Waals surface area contributed by atoms with Crippen molar-refractivity contribution in [3.05, 3.63) is 77.4 Å². The molecular weight excluding hydrogens is 420 g/mol. The number of nitrogens with zero attached hydrogens (tertiary/aromatic N) is 3. The highest BCUT2D eigenvalue weighted by atomic mass is 32.2. The van der Waals surface area contributed by atoms with E-state index in [1.807, 2.05) is 61.5 Å². The maximum atomic E-state index is 12.0. The Balaban J connectivity index is 1.39. The third kappa shape index (κ3) is 7.84. The van der Waals surface area contributed by atoms with E-state index in [9.17, 15) is 4.79 Å². The van der Waals surface area contributed by atoms with Gasteiger partial charge in [-0.25, -0.2) is 5.43 Å². The van der Waals surface area contributed by atoms with E-state index in [4.69, 9.17) is 0 Å². The second-order valence-corrected chi connectivity index (χ2v) is 9.41. The summed E-state index contributed by atoms with van der Waals surface area (Å²) in [6, 6.07) is 20.2. The Morgan fingerprint density at radius 1 is 1.03 bits per heavy atom. The molecule has 1 aromatic heterocycles. The number of amides is 1. The molecule has 5 nitrogen and oxygen atoms in total. The number of thioether (sulfide) groups is 2. The molecule has 29 heavy (non-hydrogen) atoms. The average Bonchev–Trinajstić information content (AvgIpc) is 3.20. The Hall–Kier alpha value is -2.42. The first-order valence-corrected chi connectivity index (χ1v) is 11.7. The van der Waals surface area contributed by atoms with Crippen molar-refractivity contribution in [2.45, 2.75) is 21.4 Å². The molecule has 0 aliphatic rings. The van der Waals surface area contributed by atoms with Crippen LogP contribution in [0.2, 0.25) is 0 Å². The number of rotatable bonds is 9. The van der Waals surface area contributed by atoms with Crippen LogP contribution >= 0.6 is 34.9 Å². The number of benzene rings is 2. The number of carbonyl (C=O) groups excluding carboxylic acids is 1. The standard InChI is InChI=1S/C21H20N4OS3/c1-16(12-17-8-4-2-5-9-17)13-22-23-19(26)15-28-21-25-24-20(29-21)27-14-18-10-6-3-7-11-18/h2-13H,14-15H2,1H3,(H,23,26). The molecule has 2 aromatic carbocycles. The molecule has 0 saturated carbocycles. The lowest BCUT2D eigenvalue weighted by Crippen LogP contribution is -2.19. The van der Waals surface area contributed by atoms with Gasteiger partial charge in [-0.2, -0.15) is 5.10 Å². The van der Waals surface area contributed by atoms with Crippen LogP contribution in [-0.4, -0.2) is 28.1 Å². The van der Waals surface area contributed by atoms with E-state index in [1.54, 1.807) is 18.0 Å². The first kappa shape index (κ1) is 21.3. The number of allylic oxidation sites excluding steroid dienone is 1. The van der Waals surface area contributed by atoms with E-state index in [0.29, 0.717) is 0 Å². The van der Waals surface area contributed by atoms with Gasteiger partial charge in [0.25, 0.3) is 5.91 Å². The van der Waals surface area contributed by atoms with Crippen molar-refractivity contribution in [2.75, 3.05) is 5.75 Å². The number of aromatic nitrogens is 2. The summed E-state index contributed by atoms with van der Waals surface area (Å²) in [5, 5.41) is 12.3. The monoisotopic (exact) mass is 440 g/mol. The molecule has 0 aliphatic heterocycles. The van der Waals surface area contributed by atoms with E-state index in [-0.39, 0.29) is 11.7 Å². The number of hydrogen-bond donors (Lipinski definition) is 1. The summed E-state index contributed by atoms with van der Waals surface area (Å²) in [4.78, 5) is 12.0. The van der Waals surface area contributed by atoms with Crippen LogP contribution in [0.4, 0.5) is 0 Å². The summed E-state index contributed by atoms with van der Waals surface area (Å²) in [7, 11) is 0. The van der Waals surface area contributed by atoms with Gasteiger partial charge in [-0.15, -0.1) is 10.2 Å². The second-order valence-electron chi connectivity index (χ2n) is 5.99. The summed E-state index contributed by atoms with van der Waals surface area (Å²) in [5.74, 6) is 0.926. The molecular formula is C21H20N4OS3. The third-order valence-corrected chi connectivity index (χ3v) is 6.83. The number of carbonyl (C=O) groups is 1. The van der Waals surface area contributed by atoms with Gasteiger partial charge in [0.1, 0.15) is 0 Å². The molecule has 3 aromatic rings. The van der Waals surface area contributed by atoms with Crippen molar-refractivity contribution in [3.63, 3.8) is 0 Å². The van der Waals surface area contributed by atoms with Crippen molar-refractivity contribution in [3.8, 4) is 0 Å². The topological polar surface area (TPSA) is 67.2 Å². The molecule has 3 rings (SSSR count). The molecule has 148 valence electrons. The lowest BCUT2D eigenvalue weighted by Gasteiger charge is -1.98. The predicted octanol–water partition coefficient (Wildman–Crippen LogP) is 5.13. The van der Waals surface area contributed by atoms with E-state index < -0.39 is 0 Å². The molecule has 0 bridgehead atoms. The maximum Gasteiger partial charge on any atom is 0.250 e. The SMILES string of the molecule is CC(C=NNC(=O)CSc1nnc(SCc2ccccc2)s1)=Cc1ccccc1.